The van der Waals surface area contributed by atoms with E-state index in [9.17, 15) is 0 Å². The SMILES string of the molecule is CCC1(CNCC2CCN(C)CC2)CCCC1. The summed E-state index contributed by atoms with van der Waals surface area (Å²) < 4.78 is 0. The third kappa shape index (κ3) is 3.69. The Bertz CT molecular complexity index is 213. The van der Waals surface area contributed by atoms with Crippen molar-refractivity contribution >= 4 is 0 Å². The Labute approximate surface area is 107 Å². The summed E-state index contributed by atoms with van der Waals surface area (Å²) in [7, 11) is 2.24. The highest BCUT2D eigenvalue weighted by Gasteiger charge is 2.31. The fourth-order valence-corrected chi connectivity index (χ4v) is 3.59. The molecule has 0 amide bonds. The van der Waals surface area contributed by atoms with Crippen LogP contribution in [0.2, 0.25) is 0 Å². The molecule has 2 fully saturated rings. The maximum atomic E-state index is 3.79. The lowest BCUT2D eigenvalue weighted by atomic mass is 9.83. The third-order valence-corrected chi connectivity index (χ3v) is 5.19. The topological polar surface area (TPSA) is 15.3 Å². The molecule has 1 aliphatic carbocycles. The zero-order valence-electron chi connectivity index (χ0n) is 11.8. The van der Waals surface area contributed by atoms with Crippen molar-refractivity contribution in [1.29, 1.82) is 0 Å². The van der Waals surface area contributed by atoms with Gasteiger partial charge in [0.25, 0.3) is 0 Å². The van der Waals surface area contributed by atoms with Crippen molar-refractivity contribution in [3.63, 3.8) is 0 Å². The molecule has 1 saturated heterocycles. The van der Waals surface area contributed by atoms with Gasteiger partial charge in [0.15, 0.2) is 0 Å². The van der Waals surface area contributed by atoms with Gasteiger partial charge in [0.05, 0.1) is 0 Å². The molecule has 0 atom stereocenters. The second kappa shape index (κ2) is 6.19. The van der Waals surface area contributed by atoms with Crippen molar-refractivity contribution in [3.8, 4) is 0 Å². The monoisotopic (exact) mass is 238 g/mol. The predicted octanol–water partition coefficient (Wildman–Crippen LogP) is 2.89. The summed E-state index contributed by atoms with van der Waals surface area (Å²) >= 11 is 0. The number of hydrogen-bond acceptors (Lipinski definition) is 2. The quantitative estimate of drug-likeness (QED) is 0.792. The van der Waals surface area contributed by atoms with E-state index in [1.54, 1.807) is 0 Å². The second-order valence-corrected chi connectivity index (χ2v) is 6.44. The summed E-state index contributed by atoms with van der Waals surface area (Å²) in [6.45, 7) is 7.50. The van der Waals surface area contributed by atoms with Crippen LogP contribution in [-0.4, -0.2) is 38.1 Å². The van der Waals surface area contributed by atoms with Crippen LogP contribution in [0.5, 0.6) is 0 Å². The van der Waals surface area contributed by atoms with Crippen LogP contribution in [-0.2, 0) is 0 Å². The first-order valence-electron chi connectivity index (χ1n) is 7.63. The van der Waals surface area contributed by atoms with Gasteiger partial charge in [0, 0.05) is 6.54 Å². The van der Waals surface area contributed by atoms with E-state index in [2.05, 4.69) is 24.2 Å². The Morgan fingerprint density at radius 1 is 1.18 bits per heavy atom. The number of piperidine rings is 1. The summed E-state index contributed by atoms with van der Waals surface area (Å²) in [6, 6.07) is 0. The van der Waals surface area contributed by atoms with Crippen molar-refractivity contribution in [2.75, 3.05) is 33.2 Å². The maximum absolute atomic E-state index is 3.79. The number of likely N-dealkylation sites (tertiary alicyclic amines) is 1. The molecule has 0 spiro atoms. The van der Waals surface area contributed by atoms with Gasteiger partial charge in [-0.25, -0.2) is 0 Å². The molecule has 17 heavy (non-hydrogen) atoms. The molecule has 1 saturated carbocycles. The first-order valence-corrected chi connectivity index (χ1v) is 7.63. The fraction of sp³-hybridized carbons (Fsp3) is 1.00. The van der Waals surface area contributed by atoms with E-state index in [1.165, 1.54) is 71.1 Å². The molecule has 0 aromatic carbocycles. The predicted molar refractivity (Wildman–Crippen MR) is 74.3 cm³/mol. The van der Waals surface area contributed by atoms with Gasteiger partial charge in [-0.15, -0.1) is 0 Å². The highest BCUT2D eigenvalue weighted by molar-refractivity contribution is 4.86. The van der Waals surface area contributed by atoms with Gasteiger partial charge >= 0.3 is 0 Å². The minimum absolute atomic E-state index is 0.658. The molecule has 100 valence electrons. The molecule has 2 nitrogen and oxygen atoms in total. The van der Waals surface area contributed by atoms with Gasteiger partial charge in [-0.05, 0) is 70.1 Å². The van der Waals surface area contributed by atoms with Crippen molar-refractivity contribution in [1.82, 2.24) is 10.2 Å². The number of rotatable bonds is 5. The van der Waals surface area contributed by atoms with E-state index in [-0.39, 0.29) is 0 Å². The first kappa shape index (κ1) is 13.4. The Balaban J connectivity index is 1.65. The Morgan fingerprint density at radius 2 is 1.82 bits per heavy atom. The highest BCUT2D eigenvalue weighted by Crippen LogP contribution is 2.40. The van der Waals surface area contributed by atoms with Crippen LogP contribution in [0.1, 0.15) is 51.9 Å². The number of nitrogens with one attached hydrogen (secondary N) is 1. The Kier molecular flexibility index (Phi) is 4.87. The van der Waals surface area contributed by atoms with Gasteiger partial charge in [0.1, 0.15) is 0 Å². The highest BCUT2D eigenvalue weighted by atomic mass is 15.1. The molecular weight excluding hydrogens is 208 g/mol. The molecular formula is C15H30N2. The lowest BCUT2D eigenvalue weighted by Gasteiger charge is -2.32. The zero-order chi connectivity index (χ0) is 12.1. The average molecular weight is 238 g/mol. The lowest BCUT2D eigenvalue weighted by Crippen LogP contribution is -2.38. The van der Waals surface area contributed by atoms with Crippen molar-refractivity contribution in [2.24, 2.45) is 11.3 Å². The van der Waals surface area contributed by atoms with Crippen LogP contribution in [0.25, 0.3) is 0 Å². The van der Waals surface area contributed by atoms with Gasteiger partial charge in [-0.2, -0.15) is 0 Å². The average Bonchev–Trinajstić information content (AvgIpc) is 2.81. The fourth-order valence-electron chi connectivity index (χ4n) is 3.59. The van der Waals surface area contributed by atoms with Crippen LogP contribution >= 0.6 is 0 Å². The van der Waals surface area contributed by atoms with E-state index in [4.69, 9.17) is 0 Å². The van der Waals surface area contributed by atoms with Crippen molar-refractivity contribution in [3.05, 3.63) is 0 Å². The summed E-state index contributed by atoms with van der Waals surface area (Å²) in [6.07, 6.45) is 10.00. The van der Waals surface area contributed by atoms with E-state index >= 15 is 0 Å². The molecule has 0 aromatic rings. The molecule has 1 aliphatic heterocycles. The number of nitrogens with zero attached hydrogens (tertiary/aromatic N) is 1. The maximum Gasteiger partial charge on any atom is 0.000782 e. The molecule has 0 bridgehead atoms. The lowest BCUT2D eigenvalue weighted by molar-refractivity contribution is 0.204. The van der Waals surface area contributed by atoms with Crippen molar-refractivity contribution in [2.45, 2.75) is 51.9 Å². The smallest absolute Gasteiger partial charge is 0.000782 e. The normalized spacial score (nSPS) is 26.5. The largest absolute Gasteiger partial charge is 0.316 e. The van der Waals surface area contributed by atoms with E-state index in [0.717, 1.165) is 5.92 Å². The summed E-state index contributed by atoms with van der Waals surface area (Å²) in [5.74, 6) is 0.932. The van der Waals surface area contributed by atoms with Crippen LogP contribution in [0.3, 0.4) is 0 Å². The summed E-state index contributed by atoms with van der Waals surface area (Å²) in [5.41, 5.74) is 0.658. The Hall–Kier alpha value is -0.0800. The molecule has 2 heteroatoms. The van der Waals surface area contributed by atoms with Gasteiger partial charge in [-0.3, -0.25) is 0 Å². The molecule has 0 aromatic heterocycles. The molecule has 1 heterocycles. The summed E-state index contributed by atoms with van der Waals surface area (Å²) in [4.78, 5) is 2.46. The summed E-state index contributed by atoms with van der Waals surface area (Å²) in [5, 5.41) is 3.79. The first-order chi connectivity index (χ1) is 8.24. The minimum atomic E-state index is 0.658. The molecule has 0 unspecified atom stereocenters. The van der Waals surface area contributed by atoms with E-state index in [1.807, 2.05) is 0 Å². The number of hydrogen-bond donors (Lipinski definition) is 1. The standard InChI is InChI=1S/C15H30N2/c1-3-15(8-4-5-9-15)13-16-12-14-6-10-17(2)11-7-14/h14,16H,3-13H2,1-2H3. The Morgan fingerprint density at radius 3 is 2.41 bits per heavy atom. The van der Waals surface area contributed by atoms with Crippen LogP contribution in [0.15, 0.2) is 0 Å². The van der Waals surface area contributed by atoms with Gasteiger partial charge in [0.2, 0.25) is 0 Å². The van der Waals surface area contributed by atoms with Gasteiger partial charge < -0.3 is 10.2 Å². The molecule has 2 aliphatic rings. The van der Waals surface area contributed by atoms with E-state index in [0.29, 0.717) is 5.41 Å². The second-order valence-electron chi connectivity index (χ2n) is 6.44. The van der Waals surface area contributed by atoms with Crippen LogP contribution < -0.4 is 5.32 Å². The molecule has 2 rings (SSSR count). The third-order valence-electron chi connectivity index (χ3n) is 5.19. The van der Waals surface area contributed by atoms with Gasteiger partial charge in [-0.1, -0.05) is 19.8 Å². The van der Waals surface area contributed by atoms with Crippen LogP contribution in [0.4, 0.5) is 0 Å². The zero-order valence-corrected chi connectivity index (χ0v) is 11.8. The molecule has 1 N–H and O–H groups in total. The van der Waals surface area contributed by atoms with Crippen LogP contribution in [0, 0.1) is 11.3 Å². The van der Waals surface area contributed by atoms with Crippen molar-refractivity contribution < 1.29 is 0 Å². The molecule has 0 radical (unpaired) electrons. The minimum Gasteiger partial charge on any atom is -0.316 e. The van der Waals surface area contributed by atoms with E-state index < -0.39 is 0 Å².